The molecular formula is C39H45Cl. The quantitative estimate of drug-likeness (QED) is 0.192. The van der Waals surface area contributed by atoms with Gasteiger partial charge in [-0.2, -0.15) is 0 Å². The molecule has 208 valence electrons. The van der Waals surface area contributed by atoms with Crippen molar-refractivity contribution in [2.24, 2.45) is 0 Å². The third kappa shape index (κ3) is 4.73. The molecule has 0 heterocycles. The predicted molar refractivity (Wildman–Crippen MR) is 174 cm³/mol. The minimum Gasteiger partial charge on any atom is -0.113 e. The summed E-state index contributed by atoms with van der Waals surface area (Å²) in [6, 6.07) is 19.3. The molecule has 5 rings (SSSR count). The van der Waals surface area contributed by atoms with Gasteiger partial charge in [0.25, 0.3) is 0 Å². The number of aryl methyl sites for hydroxylation is 8. The fourth-order valence-electron chi connectivity index (χ4n) is 7.56. The maximum absolute atomic E-state index is 7.45. The second-order valence-electron chi connectivity index (χ2n) is 12.8. The van der Waals surface area contributed by atoms with E-state index in [4.69, 9.17) is 11.6 Å². The molecule has 40 heavy (non-hydrogen) atoms. The van der Waals surface area contributed by atoms with Gasteiger partial charge in [-0.05, 0) is 144 Å². The van der Waals surface area contributed by atoms with Gasteiger partial charge in [0.05, 0.1) is 5.38 Å². The van der Waals surface area contributed by atoms with E-state index in [1.807, 2.05) is 0 Å². The molecule has 8 bridgehead atoms. The highest BCUT2D eigenvalue weighted by atomic mass is 35.5. The molecule has 0 spiro atoms. The number of benzene rings is 4. The number of alkyl halides is 1. The van der Waals surface area contributed by atoms with Crippen molar-refractivity contribution >= 4 is 11.6 Å². The van der Waals surface area contributed by atoms with Gasteiger partial charge in [-0.1, -0.05) is 69.3 Å². The Bertz CT molecular complexity index is 1290. The molecule has 0 N–H and O–H groups in total. The van der Waals surface area contributed by atoms with E-state index >= 15 is 0 Å². The van der Waals surface area contributed by atoms with E-state index in [9.17, 15) is 0 Å². The molecule has 0 fully saturated rings. The van der Waals surface area contributed by atoms with Crippen molar-refractivity contribution in [3.05, 3.63) is 138 Å². The molecule has 2 unspecified atom stereocenters. The Morgan fingerprint density at radius 2 is 0.500 bits per heavy atom. The van der Waals surface area contributed by atoms with E-state index in [0.29, 0.717) is 5.92 Å². The van der Waals surface area contributed by atoms with Crippen LogP contribution in [0.3, 0.4) is 0 Å². The summed E-state index contributed by atoms with van der Waals surface area (Å²) in [6.07, 6.45) is 0. The average Bonchev–Trinajstić information content (AvgIpc) is 2.87. The monoisotopic (exact) mass is 548 g/mol. The Morgan fingerprint density at radius 1 is 0.325 bits per heavy atom. The van der Waals surface area contributed by atoms with Crippen LogP contribution in [0.25, 0.3) is 0 Å². The van der Waals surface area contributed by atoms with E-state index in [-0.39, 0.29) is 17.2 Å². The largest absolute Gasteiger partial charge is 0.113 e. The molecule has 0 nitrogen and oxygen atoms in total. The van der Waals surface area contributed by atoms with E-state index < -0.39 is 0 Å². The molecule has 0 amide bonds. The Hall–Kier alpha value is -2.83. The normalized spacial score (nSPS) is 20.5. The van der Waals surface area contributed by atoms with Crippen molar-refractivity contribution in [3.8, 4) is 0 Å². The Kier molecular flexibility index (Phi) is 7.56. The van der Waals surface area contributed by atoms with E-state index in [2.05, 4.69) is 125 Å². The second kappa shape index (κ2) is 10.5. The SMILES string of the molecule is Cc1cc(C)c2cc1C(C)c1cc(c(C)cc1C)C(C)c1cc(c(C)cc1C)C(Cl)c1cc(c(C)cc1C)C2C. The van der Waals surface area contributed by atoms with Crippen molar-refractivity contribution in [1.82, 2.24) is 0 Å². The van der Waals surface area contributed by atoms with Crippen molar-refractivity contribution in [2.45, 2.75) is 99.3 Å². The van der Waals surface area contributed by atoms with Crippen molar-refractivity contribution in [3.63, 3.8) is 0 Å². The van der Waals surface area contributed by atoms with Crippen LogP contribution >= 0.6 is 11.6 Å². The Balaban J connectivity index is 1.88. The van der Waals surface area contributed by atoms with Crippen LogP contribution in [-0.2, 0) is 0 Å². The van der Waals surface area contributed by atoms with E-state index in [1.165, 1.54) is 89.0 Å². The molecule has 0 aromatic heterocycles. The highest BCUT2D eigenvalue weighted by Gasteiger charge is 2.25. The summed E-state index contributed by atoms with van der Waals surface area (Å²) < 4.78 is 0. The molecule has 2 atom stereocenters. The maximum atomic E-state index is 7.45. The van der Waals surface area contributed by atoms with Gasteiger partial charge in [-0.15, -0.1) is 11.6 Å². The first-order valence-corrected chi connectivity index (χ1v) is 15.3. The molecule has 4 aromatic rings. The zero-order valence-electron chi connectivity index (χ0n) is 26.3. The smallest absolute Gasteiger partial charge is 0.0840 e. The van der Waals surface area contributed by atoms with Gasteiger partial charge >= 0.3 is 0 Å². The lowest BCUT2D eigenvalue weighted by molar-refractivity contribution is 0.841. The lowest BCUT2D eigenvalue weighted by atomic mass is 9.78. The molecule has 0 saturated carbocycles. The summed E-state index contributed by atoms with van der Waals surface area (Å²) in [5.41, 5.74) is 21.5. The molecule has 4 aromatic carbocycles. The van der Waals surface area contributed by atoms with Gasteiger partial charge < -0.3 is 0 Å². The molecule has 1 heteroatoms. The zero-order valence-corrected chi connectivity index (χ0v) is 27.1. The highest BCUT2D eigenvalue weighted by Crippen LogP contribution is 2.42. The number of hydrogen-bond acceptors (Lipinski definition) is 0. The molecular weight excluding hydrogens is 504 g/mol. The second-order valence-corrected chi connectivity index (χ2v) is 13.2. The summed E-state index contributed by atoms with van der Waals surface area (Å²) in [5.74, 6) is 0.849. The standard InChI is InChI=1S/C39H45Cl/c1-20-12-22(3)33-16-31(20)28(9)32-17-34(23(4)13-21(32)2)30(11)36-19-38(27(8)15-25(36)6)39(40)37-18-35(29(33)10)24(5)14-26(37)7/h12-19,28-30,39H,1-11H3. The first kappa shape index (κ1) is 28.7. The van der Waals surface area contributed by atoms with Crippen LogP contribution in [0.4, 0.5) is 0 Å². The maximum Gasteiger partial charge on any atom is 0.0840 e. The summed E-state index contributed by atoms with van der Waals surface area (Å²) in [6.45, 7) is 25.2. The number of halogens is 1. The number of hydrogen-bond donors (Lipinski definition) is 0. The van der Waals surface area contributed by atoms with Gasteiger partial charge in [-0.3, -0.25) is 0 Å². The fraction of sp³-hybridized carbons (Fsp3) is 0.385. The van der Waals surface area contributed by atoms with Gasteiger partial charge in [0, 0.05) is 17.8 Å². The molecule has 0 aliphatic heterocycles. The third-order valence-corrected chi connectivity index (χ3v) is 10.4. The van der Waals surface area contributed by atoms with Crippen LogP contribution in [0.1, 0.15) is 133 Å². The average molecular weight is 549 g/mol. The first-order chi connectivity index (χ1) is 18.8. The van der Waals surface area contributed by atoms with Crippen LogP contribution in [0, 0.1) is 55.4 Å². The van der Waals surface area contributed by atoms with Crippen molar-refractivity contribution in [2.75, 3.05) is 0 Å². The van der Waals surface area contributed by atoms with Crippen molar-refractivity contribution < 1.29 is 0 Å². The lowest BCUT2D eigenvalue weighted by Gasteiger charge is -2.28. The van der Waals surface area contributed by atoms with E-state index in [1.54, 1.807) is 0 Å². The first-order valence-electron chi connectivity index (χ1n) is 14.9. The highest BCUT2D eigenvalue weighted by molar-refractivity contribution is 6.22. The third-order valence-electron chi connectivity index (χ3n) is 9.96. The van der Waals surface area contributed by atoms with Crippen molar-refractivity contribution in [1.29, 1.82) is 0 Å². The summed E-state index contributed by atoms with van der Waals surface area (Å²) >= 11 is 7.45. The van der Waals surface area contributed by atoms with Crippen LogP contribution < -0.4 is 0 Å². The van der Waals surface area contributed by atoms with Gasteiger partial charge in [0.15, 0.2) is 0 Å². The fourth-order valence-corrected chi connectivity index (χ4v) is 8.03. The zero-order chi connectivity index (χ0) is 29.2. The van der Waals surface area contributed by atoms with Crippen LogP contribution in [0.5, 0.6) is 0 Å². The van der Waals surface area contributed by atoms with E-state index in [0.717, 1.165) is 0 Å². The summed E-state index contributed by atoms with van der Waals surface area (Å²) in [4.78, 5) is 0. The minimum atomic E-state index is -0.199. The number of rotatable bonds is 0. The van der Waals surface area contributed by atoms with Gasteiger partial charge in [0.1, 0.15) is 0 Å². The number of fused-ring (bicyclic) bond motifs is 8. The van der Waals surface area contributed by atoms with Gasteiger partial charge in [0.2, 0.25) is 0 Å². The molecule has 1 aliphatic rings. The summed E-state index contributed by atoms with van der Waals surface area (Å²) in [7, 11) is 0. The Morgan fingerprint density at radius 3 is 0.725 bits per heavy atom. The Labute approximate surface area is 247 Å². The minimum absolute atomic E-state index is 0.199. The molecule has 1 aliphatic carbocycles. The molecule has 0 radical (unpaired) electrons. The van der Waals surface area contributed by atoms with Gasteiger partial charge in [-0.25, -0.2) is 0 Å². The topological polar surface area (TPSA) is 0 Å². The van der Waals surface area contributed by atoms with Crippen LogP contribution in [-0.4, -0.2) is 0 Å². The predicted octanol–water partition coefficient (Wildman–Crippen LogP) is 11.3. The lowest BCUT2D eigenvalue weighted by Crippen LogP contribution is -2.11. The molecule has 0 saturated heterocycles. The summed E-state index contributed by atoms with van der Waals surface area (Å²) in [5, 5.41) is -0.199. The van der Waals surface area contributed by atoms with Crippen LogP contribution in [0.2, 0.25) is 0 Å². The van der Waals surface area contributed by atoms with Crippen LogP contribution in [0.15, 0.2) is 48.5 Å².